The molecule has 6 heteroatoms. The molecule has 2 heterocycles. The quantitative estimate of drug-likeness (QED) is 0.662. The molecule has 0 atom stereocenters. The topological polar surface area (TPSA) is 66.9 Å². The van der Waals surface area contributed by atoms with Gasteiger partial charge in [0.25, 0.3) is 0 Å². The summed E-state index contributed by atoms with van der Waals surface area (Å²) in [7, 11) is 0. The number of carbonyl (C=O) groups is 1. The van der Waals surface area contributed by atoms with E-state index in [4.69, 9.17) is 0 Å². The molecule has 1 amide bonds. The minimum atomic E-state index is -0.344. The number of carbonyl (C=O) groups excluding carboxylic acids is 1. The Morgan fingerprint density at radius 2 is 2.16 bits per heavy atom. The van der Waals surface area contributed by atoms with Crippen molar-refractivity contribution in [2.24, 2.45) is 10.2 Å². The number of hydrogen-bond donors (Lipinski definition) is 1. The molecule has 1 aromatic carbocycles. The predicted molar refractivity (Wildman–Crippen MR) is 99.2 cm³/mol. The van der Waals surface area contributed by atoms with Crippen LogP contribution in [0.25, 0.3) is 10.9 Å². The average Bonchev–Trinajstić information content (AvgIpc) is 3.24. The molecule has 128 valence electrons. The molecular formula is C19H19N3O2S. The van der Waals surface area contributed by atoms with Gasteiger partial charge in [-0.1, -0.05) is 11.6 Å². The Labute approximate surface area is 149 Å². The van der Waals surface area contributed by atoms with Crippen molar-refractivity contribution in [2.45, 2.75) is 39.7 Å². The van der Waals surface area contributed by atoms with Gasteiger partial charge in [0.15, 0.2) is 5.69 Å². The van der Waals surface area contributed by atoms with Crippen LogP contribution in [0.5, 0.6) is 5.88 Å². The van der Waals surface area contributed by atoms with E-state index in [0.717, 1.165) is 29.3 Å². The van der Waals surface area contributed by atoms with Gasteiger partial charge in [-0.05, 0) is 56.9 Å². The van der Waals surface area contributed by atoms with Crippen LogP contribution in [-0.2, 0) is 19.4 Å². The van der Waals surface area contributed by atoms with E-state index in [1.165, 1.54) is 28.2 Å². The molecular weight excluding hydrogens is 334 g/mol. The molecule has 0 saturated carbocycles. The van der Waals surface area contributed by atoms with E-state index in [2.05, 4.69) is 10.2 Å². The molecule has 1 N–H and O–H groups in total. The standard InChI is InChI=1S/C19H19N3O2S/c1-3-22-14-8-7-11(2)9-13(14)17(19(22)24)20-21-18(23)16-10-12-5-4-6-15(12)25-16/h7-10,24H,3-6H2,1-2H3. The Bertz CT molecular complexity index is 992. The lowest BCUT2D eigenvalue weighted by Gasteiger charge is -2.01. The number of aromatic nitrogens is 1. The van der Waals surface area contributed by atoms with Crippen molar-refractivity contribution in [3.05, 3.63) is 45.1 Å². The average molecular weight is 353 g/mol. The van der Waals surface area contributed by atoms with Crippen LogP contribution in [0.2, 0.25) is 0 Å². The minimum absolute atomic E-state index is 0.0494. The third kappa shape index (κ3) is 2.66. The van der Waals surface area contributed by atoms with E-state index in [0.29, 0.717) is 17.1 Å². The first-order valence-corrected chi connectivity index (χ1v) is 9.29. The number of benzene rings is 1. The summed E-state index contributed by atoms with van der Waals surface area (Å²) < 4.78 is 1.77. The fourth-order valence-electron chi connectivity index (χ4n) is 3.44. The first-order chi connectivity index (χ1) is 12.1. The van der Waals surface area contributed by atoms with Crippen molar-refractivity contribution in [1.29, 1.82) is 0 Å². The fourth-order valence-corrected chi connectivity index (χ4v) is 4.57. The molecule has 0 saturated heterocycles. The second-order valence-electron chi connectivity index (χ2n) is 6.35. The van der Waals surface area contributed by atoms with Gasteiger partial charge in [0, 0.05) is 16.8 Å². The van der Waals surface area contributed by atoms with E-state index in [1.807, 2.05) is 38.1 Å². The highest BCUT2D eigenvalue weighted by Crippen LogP contribution is 2.39. The van der Waals surface area contributed by atoms with Crippen LogP contribution in [-0.4, -0.2) is 15.6 Å². The summed E-state index contributed by atoms with van der Waals surface area (Å²) in [5.41, 5.74) is 3.59. The van der Waals surface area contributed by atoms with Gasteiger partial charge < -0.3 is 9.67 Å². The summed E-state index contributed by atoms with van der Waals surface area (Å²) in [6.45, 7) is 4.56. The van der Waals surface area contributed by atoms with E-state index < -0.39 is 0 Å². The smallest absolute Gasteiger partial charge is 0.305 e. The van der Waals surface area contributed by atoms with Crippen molar-refractivity contribution in [1.82, 2.24) is 4.57 Å². The predicted octanol–water partition coefficient (Wildman–Crippen LogP) is 5.15. The zero-order chi connectivity index (χ0) is 17.6. The van der Waals surface area contributed by atoms with Crippen molar-refractivity contribution < 1.29 is 9.90 Å². The Hall–Kier alpha value is -2.47. The first kappa shape index (κ1) is 16.0. The maximum atomic E-state index is 12.4. The number of fused-ring (bicyclic) bond motifs is 2. The van der Waals surface area contributed by atoms with Crippen LogP contribution in [0.1, 0.15) is 39.0 Å². The number of nitrogens with zero attached hydrogens (tertiary/aromatic N) is 3. The van der Waals surface area contributed by atoms with Crippen LogP contribution < -0.4 is 0 Å². The summed E-state index contributed by atoms with van der Waals surface area (Å²) in [6, 6.07) is 7.85. The molecule has 0 aliphatic heterocycles. The van der Waals surface area contributed by atoms with Gasteiger partial charge >= 0.3 is 5.91 Å². The molecule has 0 bridgehead atoms. The zero-order valence-corrected chi connectivity index (χ0v) is 15.1. The molecule has 0 unspecified atom stereocenters. The molecule has 25 heavy (non-hydrogen) atoms. The monoisotopic (exact) mass is 353 g/mol. The van der Waals surface area contributed by atoms with Crippen LogP contribution in [0.4, 0.5) is 5.69 Å². The van der Waals surface area contributed by atoms with Crippen molar-refractivity contribution in [3.8, 4) is 5.88 Å². The Kier molecular flexibility index (Phi) is 3.92. The van der Waals surface area contributed by atoms with Crippen molar-refractivity contribution in [2.75, 3.05) is 0 Å². The highest BCUT2D eigenvalue weighted by molar-refractivity contribution is 7.14. The number of rotatable bonds is 3. The van der Waals surface area contributed by atoms with E-state index in [9.17, 15) is 9.90 Å². The maximum Gasteiger partial charge on any atom is 0.305 e. The lowest BCUT2D eigenvalue weighted by atomic mass is 10.1. The Balaban J connectivity index is 1.72. The Morgan fingerprint density at radius 1 is 1.32 bits per heavy atom. The summed E-state index contributed by atoms with van der Waals surface area (Å²) in [5.74, 6) is -0.294. The molecule has 3 aromatic rings. The fraction of sp³-hybridized carbons (Fsp3) is 0.316. The molecule has 4 rings (SSSR count). The van der Waals surface area contributed by atoms with Gasteiger partial charge in [-0.2, -0.15) is 0 Å². The Morgan fingerprint density at radius 3 is 2.92 bits per heavy atom. The van der Waals surface area contributed by atoms with Crippen LogP contribution in [0.3, 0.4) is 0 Å². The SMILES string of the molecule is CCn1c(O)c(N=NC(=O)c2cc3c(s2)CCC3)c2cc(C)ccc21. The second kappa shape index (κ2) is 6.11. The summed E-state index contributed by atoms with van der Waals surface area (Å²) >= 11 is 1.51. The molecule has 1 aliphatic carbocycles. The lowest BCUT2D eigenvalue weighted by Crippen LogP contribution is -1.92. The summed E-state index contributed by atoms with van der Waals surface area (Å²) in [6.07, 6.45) is 3.26. The first-order valence-electron chi connectivity index (χ1n) is 8.48. The van der Waals surface area contributed by atoms with E-state index in [-0.39, 0.29) is 11.8 Å². The summed E-state index contributed by atoms with van der Waals surface area (Å²) in [4.78, 5) is 14.3. The number of thiophene rings is 1. The summed E-state index contributed by atoms with van der Waals surface area (Å²) in [5, 5.41) is 19.3. The van der Waals surface area contributed by atoms with Gasteiger partial charge in [-0.3, -0.25) is 4.79 Å². The lowest BCUT2D eigenvalue weighted by molar-refractivity contribution is 0.0999. The minimum Gasteiger partial charge on any atom is -0.493 e. The number of azo groups is 1. The number of amides is 1. The highest BCUT2D eigenvalue weighted by Gasteiger charge is 2.19. The zero-order valence-electron chi connectivity index (χ0n) is 14.2. The molecule has 1 aliphatic rings. The number of hydrogen-bond acceptors (Lipinski definition) is 4. The van der Waals surface area contributed by atoms with Gasteiger partial charge in [-0.25, -0.2) is 0 Å². The largest absolute Gasteiger partial charge is 0.493 e. The third-order valence-electron chi connectivity index (χ3n) is 4.68. The van der Waals surface area contributed by atoms with E-state index in [1.54, 1.807) is 4.57 Å². The number of aromatic hydroxyl groups is 1. The molecule has 5 nitrogen and oxygen atoms in total. The maximum absolute atomic E-state index is 12.4. The number of aryl methyl sites for hydroxylation is 4. The molecule has 0 spiro atoms. The molecule has 0 fully saturated rings. The highest BCUT2D eigenvalue weighted by atomic mass is 32.1. The van der Waals surface area contributed by atoms with Crippen LogP contribution in [0, 0.1) is 6.92 Å². The second-order valence-corrected chi connectivity index (χ2v) is 7.49. The third-order valence-corrected chi connectivity index (χ3v) is 5.90. The van der Waals surface area contributed by atoms with Crippen LogP contribution >= 0.6 is 11.3 Å². The van der Waals surface area contributed by atoms with Gasteiger partial charge in [0.1, 0.15) is 0 Å². The van der Waals surface area contributed by atoms with Gasteiger partial charge in [0.05, 0.1) is 10.4 Å². The van der Waals surface area contributed by atoms with Crippen molar-refractivity contribution >= 4 is 33.8 Å². The van der Waals surface area contributed by atoms with Crippen LogP contribution in [0.15, 0.2) is 34.5 Å². The van der Waals surface area contributed by atoms with E-state index >= 15 is 0 Å². The molecule has 0 radical (unpaired) electrons. The van der Waals surface area contributed by atoms with Gasteiger partial charge in [-0.15, -0.1) is 21.6 Å². The van der Waals surface area contributed by atoms with Crippen molar-refractivity contribution in [3.63, 3.8) is 0 Å². The molecule has 2 aromatic heterocycles. The normalized spacial score (nSPS) is 13.8. The van der Waals surface area contributed by atoms with Gasteiger partial charge in [0.2, 0.25) is 5.88 Å².